The fraction of sp³-hybridized carbons (Fsp3) is 1.00. The van der Waals surface area contributed by atoms with Gasteiger partial charge in [-0.15, -0.1) is 0 Å². The van der Waals surface area contributed by atoms with E-state index in [1.807, 2.05) is 27.7 Å². The zero-order valence-electron chi connectivity index (χ0n) is 23.7. The molecule has 5 nitrogen and oxygen atoms in total. The monoisotopic (exact) mass is 443 g/mol. The minimum atomic E-state index is 0.622. The topological polar surface area (TPSA) is 16.2 Å². The Labute approximate surface area is 198 Å². The van der Waals surface area contributed by atoms with Gasteiger partial charge in [-0.05, 0) is 55.1 Å². The van der Waals surface area contributed by atoms with Crippen LogP contribution >= 0.6 is 0 Å². The van der Waals surface area contributed by atoms with Gasteiger partial charge in [0.05, 0.1) is 0 Å². The van der Waals surface area contributed by atoms with Gasteiger partial charge in [-0.2, -0.15) is 0 Å². The summed E-state index contributed by atoms with van der Waals surface area (Å²) in [5.41, 5.74) is 0. The first-order chi connectivity index (χ1) is 14.7. The van der Waals surface area contributed by atoms with Gasteiger partial charge in [-0.3, -0.25) is 19.6 Å². The summed E-state index contributed by atoms with van der Waals surface area (Å²) < 4.78 is 0. The van der Waals surface area contributed by atoms with E-state index >= 15 is 0 Å². The molecule has 31 heavy (non-hydrogen) atoms. The highest BCUT2D eigenvalue weighted by molar-refractivity contribution is 4.76. The molecule has 0 spiro atoms. The average Bonchev–Trinajstić information content (AvgIpc) is 2.77. The number of piperazine rings is 1. The van der Waals surface area contributed by atoms with Crippen LogP contribution in [0.4, 0.5) is 0 Å². The Balaban J connectivity index is 0. The Morgan fingerprint density at radius 3 is 1.39 bits per heavy atom. The van der Waals surface area contributed by atoms with Gasteiger partial charge in [0.2, 0.25) is 0 Å². The van der Waals surface area contributed by atoms with Crippen LogP contribution in [0.5, 0.6) is 0 Å². The summed E-state index contributed by atoms with van der Waals surface area (Å²) in [5.74, 6) is 0. The molecule has 0 aromatic heterocycles. The number of hydrogen-bond acceptors (Lipinski definition) is 5. The summed E-state index contributed by atoms with van der Waals surface area (Å²) in [6, 6.07) is 1.87. The van der Waals surface area contributed by atoms with Crippen molar-refractivity contribution in [2.75, 3.05) is 79.0 Å². The molecule has 0 aromatic carbocycles. The molecule has 0 amide bonds. The van der Waals surface area contributed by atoms with Crippen LogP contribution in [0.15, 0.2) is 0 Å². The van der Waals surface area contributed by atoms with Gasteiger partial charge in [0.25, 0.3) is 0 Å². The number of nitrogens with zero attached hydrogens (tertiary/aromatic N) is 5. The summed E-state index contributed by atoms with van der Waals surface area (Å²) in [5, 5.41) is 0. The highest BCUT2D eigenvalue weighted by atomic mass is 15.3. The van der Waals surface area contributed by atoms with Crippen molar-refractivity contribution in [3.05, 3.63) is 0 Å². The van der Waals surface area contributed by atoms with E-state index in [4.69, 9.17) is 0 Å². The number of hydrogen-bond donors (Lipinski definition) is 0. The zero-order valence-corrected chi connectivity index (χ0v) is 23.7. The van der Waals surface area contributed by atoms with Crippen molar-refractivity contribution in [1.29, 1.82) is 0 Å². The van der Waals surface area contributed by atoms with Crippen molar-refractivity contribution < 1.29 is 0 Å². The predicted molar refractivity (Wildman–Crippen MR) is 142 cm³/mol. The lowest BCUT2D eigenvalue weighted by Crippen LogP contribution is -2.51. The normalized spacial score (nSPS) is 15.7. The summed E-state index contributed by atoms with van der Waals surface area (Å²) >= 11 is 0. The van der Waals surface area contributed by atoms with Crippen LogP contribution in [0.2, 0.25) is 0 Å². The van der Waals surface area contributed by atoms with E-state index in [-0.39, 0.29) is 0 Å². The van der Waals surface area contributed by atoms with Crippen LogP contribution in [0.3, 0.4) is 0 Å². The van der Waals surface area contributed by atoms with E-state index in [0.717, 1.165) is 6.54 Å². The van der Waals surface area contributed by atoms with E-state index in [2.05, 4.69) is 80.0 Å². The second-order valence-electron chi connectivity index (χ2n) is 9.13. The van der Waals surface area contributed by atoms with Crippen molar-refractivity contribution in [2.45, 2.75) is 94.3 Å². The largest absolute Gasteiger partial charge is 0.305 e. The third-order valence-electron chi connectivity index (χ3n) is 6.21. The van der Waals surface area contributed by atoms with Crippen LogP contribution in [-0.4, -0.2) is 122 Å². The molecular weight excluding hydrogens is 382 g/mol. The zero-order chi connectivity index (χ0) is 24.4. The lowest BCUT2D eigenvalue weighted by molar-refractivity contribution is 0.0938. The number of rotatable bonds is 13. The van der Waals surface area contributed by atoms with E-state index < -0.39 is 0 Å². The van der Waals surface area contributed by atoms with Gasteiger partial charge in [-0.1, -0.05) is 34.6 Å². The molecule has 0 aliphatic carbocycles. The summed E-state index contributed by atoms with van der Waals surface area (Å²) in [6.07, 6.45) is 0. The van der Waals surface area contributed by atoms with Crippen LogP contribution < -0.4 is 0 Å². The lowest BCUT2D eigenvalue weighted by atomic mass is 10.2. The molecule has 1 rings (SSSR count). The fourth-order valence-electron chi connectivity index (χ4n) is 3.96. The Bertz CT molecular complexity index is 357. The summed E-state index contributed by atoms with van der Waals surface area (Å²) in [4.78, 5) is 13.0. The van der Waals surface area contributed by atoms with Crippen LogP contribution in [0, 0.1) is 0 Å². The van der Waals surface area contributed by atoms with Crippen LogP contribution in [0.25, 0.3) is 0 Å². The SMILES string of the molecule is CC.CC.CCN(C)CCN1CCN(CCN(CCN(C(C)C)C(C)C)C(C)C)CC1. The molecule has 1 saturated heterocycles. The van der Waals surface area contributed by atoms with E-state index in [1.54, 1.807) is 0 Å². The molecule has 5 heteroatoms. The third-order valence-corrected chi connectivity index (χ3v) is 6.21. The van der Waals surface area contributed by atoms with E-state index in [9.17, 15) is 0 Å². The Morgan fingerprint density at radius 2 is 1.03 bits per heavy atom. The van der Waals surface area contributed by atoms with Crippen molar-refractivity contribution in [2.24, 2.45) is 0 Å². The molecule has 0 atom stereocenters. The van der Waals surface area contributed by atoms with E-state index in [1.165, 1.54) is 65.4 Å². The van der Waals surface area contributed by atoms with Crippen molar-refractivity contribution >= 4 is 0 Å². The maximum atomic E-state index is 2.67. The highest BCUT2D eigenvalue weighted by Crippen LogP contribution is 2.08. The second kappa shape index (κ2) is 20.4. The summed E-state index contributed by atoms with van der Waals surface area (Å²) in [7, 11) is 2.22. The fourth-order valence-corrected chi connectivity index (χ4v) is 3.96. The Morgan fingerprint density at radius 1 is 0.613 bits per heavy atom. The summed E-state index contributed by atoms with van der Waals surface area (Å²) in [6.45, 7) is 37.4. The molecule has 1 fully saturated rings. The number of likely N-dealkylation sites (N-methyl/N-ethyl adjacent to an activating group) is 1. The first-order valence-electron chi connectivity index (χ1n) is 13.4. The van der Waals surface area contributed by atoms with E-state index in [0.29, 0.717) is 18.1 Å². The Hall–Kier alpha value is -0.200. The molecule has 1 aliphatic heterocycles. The molecule has 1 heterocycles. The smallest absolute Gasteiger partial charge is 0.0115 e. The maximum Gasteiger partial charge on any atom is 0.0115 e. The molecule has 0 N–H and O–H groups in total. The first-order valence-corrected chi connectivity index (χ1v) is 13.4. The quantitative estimate of drug-likeness (QED) is 0.417. The van der Waals surface area contributed by atoms with Crippen LogP contribution in [-0.2, 0) is 0 Å². The maximum absolute atomic E-state index is 2.67. The van der Waals surface area contributed by atoms with Crippen LogP contribution in [0.1, 0.15) is 76.2 Å². The average molecular weight is 444 g/mol. The van der Waals surface area contributed by atoms with Gasteiger partial charge in [0.1, 0.15) is 0 Å². The molecular formula is C26H61N5. The van der Waals surface area contributed by atoms with Crippen molar-refractivity contribution in [3.8, 4) is 0 Å². The van der Waals surface area contributed by atoms with Crippen molar-refractivity contribution in [1.82, 2.24) is 24.5 Å². The molecule has 0 saturated carbocycles. The van der Waals surface area contributed by atoms with Gasteiger partial charge in [-0.25, -0.2) is 0 Å². The molecule has 0 unspecified atom stereocenters. The molecule has 0 aromatic rings. The molecule has 0 bridgehead atoms. The second-order valence-corrected chi connectivity index (χ2v) is 9.13. The van der Waals surface area contributed by atoms with Gasteiger partial charge in [0.15, 0.2) is 0 Å². The van der Waals surface area contributed by atoms with Crippen molar-refractivity contribution in [3.63, 3.8) is 0 Å². The van der Waals surface area contributed by atoms with Gasteiger partial charge >= 0.3 is 0 Å². The third kappa shape index (κ3) is 15.3. The molecule has 0 radical (unpaired) electrons. The molecule has 190 valence electrons. The lowest BCUT2D eigenvalue weighted by Gasteiger charge is -2.38. The minimum absolute atomic E-state index is 0.622. The first kappa shape index (κ1) is 33.0. The predicted octanol–water partition coefficient (Wildman–Crippen LogP) is 4.44. The standard InChI is InChI=1S/C22H49N5.2C2H6/c1-9-23(8)10-11-24-12-14-25(15-13-24)16-17-26(20(2)3)18-19-27(21(4)5)22(6)7;2*1-2/h20-22H,9-19H2,1-8H3;2*1-2H3. The van der Waals surface area contributed by atoms with Gasteiger partial charge < -0.3 is 4.90 Å². The minimum Gasteiger partial charge on any atom is -0.305 e. The molecule has 1 aliphatic rings. The highest BCUT2D eigenvalue weighted by Gasteiger charge is 2.20. The Kier molecular flexibility index (Phi) is 21.7. The van der Waals surface area contributed by atoms with Gasteiger partial charge in [0, 0.05) is 83.6 Å².